The van der Waals surface area contributed by atoms with E-state index in [9.17, 15) is 14.0 Å². The zero-order chi connectivity index (χ0) is 17.8. The molecule has 1 aliphatic carbocycles. The Morgan fingerprint density at radius 3 is 2.65 bits per heavy atom. The van der Waals surface area contributed by atoms with Crippen molar-refractivity contribution >= 4 is 23.2 Å². The number of halogens is 1. The van der Waals surface area contributed by atoms with E-state index < -0.39 is 17.9 Å². The highest BCUT2D eigenvalue weighted by molar-refractivity contribution is 6.26. The fourth-order valence-electron chi connectivity index (χ4n) is 3.94. The van der Waals surface area contributed by atoms with E-state index in [1.54, 1.807) is 6.07 Å². The lowest BCUT2D eigenvalue weighted by molar-refractivity contribution is -0.121. The number of carbonyl (C=O) groups is 2. The molecule has 0 spiro atoms. The van der Waals surface area contributed by atoms with Crippen molar-refractivity contribution in [1.82, 2.24) is 0 Å². The highest BCUT2D eigenvalue weighted by Gasteiger charge is 2.55. The summed E-state index contributed by atoms with van der Waals surface area (Å²) in [6, 6.07) is 9.72. The first kappa shape index (κ1) is 15.2. The van der Waals surface area contributed by atoms with Crippen LogP contribution in [0.4, 0.5) is 15.8 Å². The van der Waals surface area contributed by atoms with Gasteiger partial charge in [0, 0.05) is 0 Å². The Morgan fingerprint density at radius 1 is 0.962 bits per heavy atom. The van der Waals surface area contributed by atoms with Gasteiger partial charge in [0.05, 0.1) is 11.4 Å². The molecule has 0 unspecified atom stereocenters. The van der Waals surface area contributed by atoms with Gasteiger partial charge in [-0.05, 0) is 60.7 Å². The maximum atomic E-state index is 13.5. The van der Waals surface area contributed by atoms with Gasteiger partial charge < -0.3 is 0 Å². The van der Waals surface area contributed by atoms with Crippen LogP contribution in [0.1, 0.15) is 17.5 Å². The van der Waals surface area contributed by atoms with Crippen LogP contribution in [0.15, 0.2) is 52.8 Å². The molecule has 7 heteroatoms. The minimum absolute atomic E-state index is 0.382. The molecule has 5 rings (SSSR count). The summed E-state index contributed by atoms with van der Waals surface area (Å²) in [6.07, 6.45) is 3.08. The fraction of sp³-hybridized carbons (Fsp3) is 0.263. The van der Waals surface area contributed by atoms with Crippen LogP contribution in [-0.2, 0) is 22.4 Å². The zero-order valence-corrected chi connectivity index (χ0v) is 13.8. The lowest BCUT2D eigenvalue weighted by atomic mass is 10.1. The lowest BCUT2D eigenvalue weighted by Gasteiger charge is -2.21. The average Bonchev–Trinajstić information content (AvgIpc) is 3.32. The number of amides is 2. The maximum absolute atomic E-state index is 13.5. The number of anilines is 2. The van der Waals surface area contributed by atoms with Crippen molar-refractivity contribution in [2.75, 3.05) is 9.91 Å². The number of rotatable bonds is 2. The molecule has 0 N–H and O–H groups in total. The highest BCUT2D eigenvalue weighted by atomic mass is 19.1. The van der Waals surface area contributed by atoms with E-state index >= 15 is 0 Å². The summed E-state index contributed by atoms with van der Waals surface area (Å²) in [7, 11) is 0. The smallest absolute Gasteiger partial charge is 0.263 e. The van der Waals surface area contributed by atoms with Gasteiger partial charge in [-0.25, -0.2) is 14.3 Å². The Labute approximate surface area is 148 Å². The van der Waals surface area contributed by atoms with Gasteiger partial charge in [-0.1, -0.05) is 17.4 Å². The summed E-state index contributed by atoms with van der Waals surface area (Å²) >= 11 is 0. The molecule has 0 saturated carbocycles. The van der Waals surface area contributed by atoms with Gasteiger partial charge in [-0.2, -0.15) is 5.11 Å². The van der Waals surface area contributed by atoms with Crippen LogP contribution in [-0.4, -0.2) is 23.9 Å². The second-order valence-corrected chi connectivity index (χ2v) is 6.74. The molecule has 2 aromatic carbocycles. The molecule has 2 aromatic rings. The number of carbonyl (C=O) groups excluding carboxylic acids is 2. The summed E-state index contributed by atoms with van der Waals surface area (Å²) in [6.45, 7) is 0. The average molecular weight is 350 g/mol. The van der Waals surface area contributed by atoms with Gasteiger partial charge in [0.1, 0.15) is 5.82 Å². The topological polar surface area (TPSA) is 65.3 Å². The molecule has 2 atom stereocenters. The summed E-state index contributed by atoms with van der Waals surface area (Å²) in [5.41, 5.74) is 3.43. The van der Waals surface area contributed by atoms with Crippen LogP contribution >= 0.6 is 0 Å². The first-order chi connectivity index (χ1) is 12.6. The standard InChI is InChI=1S/C19H15FN4O2/c20-13-5-2-6-15(10-13)24-17-16(21-22-24)18(25)23(19(17)26)14-8-7-11-3-1-4-12(11)9-14/h2,5-10,16-17H,1,3-4H2/t16-,17+/m1/s1. The summed E-state index contributed by atoms with van der Waals surface area (Å²) in [5.74, 6) is -1.21. The van der Waals surface area contributed by atoms with E-state index in [1.807, 2.05) is 18.2 Å². The molecule has 26 heavy (non-hydrogen) atoms. The minimum atomic E-state index is -0.890. The van der Waals surface area contributed by atoms with Crippen molar-refractivity contribution in [3.63, 3.8) is 0 Å². The van der Waals surface area contributed by atoms with Crippen LogP contribution in [0.2, 0.25) is 0 Å². The first-order valence-corrected chi connectivity index (χ1v) is 8.59. The third-order valence-corrected chi connectivity index (χ3v) is 5.19. The monoisotopic (exact) mass is 350 g/mol. The minimum Gasteiger partial charge on any atom is -0.271 e. The number of imide groups is 1. The van der Waals surface area contributed by atoms with Gasteiger partial charge in [-0.3, -0.25) is 9.59 Å². The van der Waals surface area contributed by atoms with E-state index in [0.29, 0.717) is 11.4 Å². The number of benzene rings is 2. The maximum Gasteiger partial charge on any atom is 0.263 e. The van der Waals surface area contributed by atoms with E-state index in [2.05, 4.69) is 10.3 Å². The van der Waals surface area contributed by atoms with Crippen molar-refractivity contribution < 1.29 is 14.0 Å². The predicted octanol–water partition coefficient (Wildman–Crippen LogP) is 2.81. The first-order valence-electron chi connectivity index (χ1n) is 8.59. The Balaban J connectivity index is 1.51. The fourth-order valence-corrected chi connectivity index (χ4v) is 3.94. The van der Waals surface area contributed by atoms with Crippen LogP contribution in [0.5, 0.6) is 0 Å². The molecule has 2 amide bonds. The zero-order valence-electron chi connectivity index (χ0n) is 13.8. The molecule has 2 heterocycles. The van der Waals surface area contributed by atoms with Crippen molar-refractivity contribution in [2.45, 2.75) is 31.3 Å². The second kappa shape index (κ2) is 5.45. The van der Waals surface area contributed by atoms with Crippen molar-refractivity contribution in [3.05, 3.63) is 59.4 Å². The summed E-state index contributed by atoms with van der Waals surface area (Å²) < 4.78 is 13.5. The summed E-state index contributed by atoms with van der Waals surface area (Å²) in [5, 5.41) is 9.26. The Kier molecular flexibility index (Phi) is 3.19. The Hall–Kier alpha value is -3.09. The number of hydrogen-bond donors (Lipinski definition) is 0. The van der Waals surface area contributed by atoms with Crippen LogP contribution < -0.4 is 9.91 Å². The molecule has 1 saturated heterocycles. The van der Waals surface area contributed by atoms with E-state index in [1.165, 1.54) is 39.2 Å². The van der Waals surface area contributed by atoms with Gasteiger partial charge in [0.15, 0.2) is 12.1 Å². The molecular weight excluding hydrogens is 335 g/mol. The molecule has 0 bridgehead atoms. The summed E-state index contributed by atoms with van der Waals surface area (Å²) in [4.78, 5) is 27.0. The van der Waals surface area contributed by atoms with E-state index in [4.69, 9.17) is 0 Å². The SMILES string of the molecule is O=C1[C@@H]2[C@@H](N=NN2c2cccc(F)c2)C(=O)N1c1ccc2c(c1)CCC2. The molecule has 0 radical (unpaired) electrons. The largest absolute Gasteiger partial charge is 0.271 e. The van der Waals surface area contributed by atoms with Crippen LogP contribution in [0.3, 0.4) is 0 Å². The third-order valence-electron chi connectivity index (χ3n) is 5.19. The van der Waals surface area contributed by atoms with Crippen LogP contribution in [0, 0.1) is 5.82 Å². The van der Waals surface area contributed by atoms with Crippen molar-refractivity contribution in [3.8, 4) is 0 Å². The van der Waals surface area contributed by atoms with Crippen LogP contribution in [0.25, 0.3) is 0 Å². The normalized spacial score (nSPS) is 23.7. The van der Waals surface area contributed by atoms with Gasteiger partial charge in [-0.15, -0.1) is 0 Å². The van der Waals surface area contributed by atoms with Crippen molar-refractivity contribution in [1.29, 1.82) is 0 Å². The van der Waals surface area contributed by atoms with E-state index in [0.717, 1.165) is 19.3 Å². The number of aryl methyl sites for hydroxylation is 2. The lowest BCUT2D eigenvalue weighted by Crippen LogP contribution is -2.40. The number of nitrogens with zero attached hydrogens (tertiary/aromatic N) is 4. The molecule has 0 aromatic heterocycles. The van der Waals surface area contributed by atoms with Gasteiger partial charge in [0.25, 0.3) is 11.8 Å². The molecular formula is C19H15FN4O2. The highest BCUT2D eigenvalue weighted by Crippen LogP contribution is 2.36. The number of hydrogen-bond acceptors (Lipinski definition) is 5. The van der Waals surface area contributed by atoms with E-state index in [-0.39, 0.29) is 11.8 Å². The number of fused-ring (bicyclic) bond motifs is 2. The Morgan fingerprint density at radius 2 is 1.81 bits per heavy atom. The third kappa shape index (κ3) is 2.09. The quantitative estimate of drug-likeness (QED) is 0.783. The Bertz CT molecular complexity index is 974. The molecule has 2 aliphatic heterocycles. The van der Waals surface area contributed by atoms with Gasteiger partial charge >= 0.3 is 0 Å². The molecule has 130 valence electrons. The van der Waals surface area contributed by atoms with Crippen molar-refractivity contribution in [2.24, 2.45) is 10.3 Å². The predicted molar refractivity (Wildman–Crippen MR) is 92.3 cm³/mol. The molecule has 6 nitrogen and oxygen atoms in total. The molecule has 1 fully saturated rings. The second-order valence-electron chi connectivity index (χ2n) is 6.74. The van der Waals surface area contributed by atoms with Gasteiger partial charge in [0.2, 0.25) is 0 Å². The molecule has 3 aliphatic rings.